The van der Waals surface area contributed by atoms with Crippen molar-refractivity contribution in [2.24, 2.45) is 0 Å². The van der Waals surface area contributed by atoms with Gasteiger partial charge in [0.15, 0.2) is 0 Å². The molecule has 9 nitrogen and oxygen atoms in total. The number of pyridine rings is 1. The summed E-state index contributed by atoms with van der Waals surface area (Å²) >= 11 is 1.48. The second-order valence-electron chi connectivity index (χ2n) is 8.92. The van der Waals surface area contributed by atoms with Crippen LogP contribution in [0.3, 0.4) is 0 Å². The van der Waals surface area contributed by atoms with Gasteiger partial charge in [0.05, 0.1) is 28.7 Å². The van der Waals surface area contributed by atoms with Gasteiger partial charge in [-0.3, -0.25) is 14.9 Å². The van der Waals surface area contributed by atoms with Crippen molar-refractivity contribution < 1.29 is 14.3 Å². The van der Waals surface area contributed by atoms with Crippen LogP contribution in [0.1, 0.15) is 44.7 Å². The minimum Gasteiger partial charge on any atom is -0.496 e. The lowest BCUT2D eigenvalue weighted by atomic mass is 9.97. The number of rotatable bonds is 5. The number of hydrogen-bond acceptors (Lipinski definition) is 7. The Hall–Kier alpha value is -4.31. The van der Waals surface area contributed by atoms with Crippen LogP contribution in [0.5, 0.6) is 5.75 Å². The van der Waals surface area contributed by atoms with Crippen LogP contribution in [0.25, 0.3) is 21.9 Å². The number of fused-ring (bicyclic) bond motifs is 2. The number of piperidine rings is 1. The molecule has 0 unspecified atom stereocenters. The van der Waals surface area contributed by atoms with E-state index in [1.165, 1.54) is 11.3 Å². The lowest BCUT2D eigenvalue weighted by Gasteiger charge is -2.31. The quantitative estimate of drug-likeness (QED) is 0.348. The van der Waals surface area contributed by atoms with Crippen molar-refractivity contribution in [1.29, 1.82) is 0 Å². The fourth-order valence-electron chi connectivity index (χ4n) is 4.68. The highest BCUT2D eigenvalue weighted by atomic mass is 32.1. The van der Waals surface area contributed by atoms with Gasteiger partial charge in [0.2, 0.25) is 5.95 Å². The number of H-pyrrole nitrogens is 1. The SMILES string of the molecule is COc1cc(C(=O)N2CCC(c3nc(C(=O)Nc4nc5ccccc5[nH]4)cs3)CC2)nc2ccccc12. The monoisotopic (exact) mass is 512 g/mol. The van der Waals surface area contributed by atoms with E-state index in [2.05, 4.69) is 25.3 Å². The molecule has 2 N–H and O–H groups in total. The number of aromatic nitrogens is 4. The number of benzene rings is 2. The van der Waals surface area contributed by atoms with Crippen LogP contribution in [-0.4, -0.2) is 56.8 Å². The van der Waals surface area contributed by atoms with Crippen LogP contribution in [0.4, 0.5) is 5.95 Å². The molecule has 1 saturated heterocycles. The molecular formula is C27H24N6O3S. The predicted octanol–water partition coefficient (Wildman–Crippen LogP) is 4.85. The van der Waals surface area contributed by atoms with Gasteiger partial charge in [-0.2, -0.15) is 0 Å². The maximum Gasteiger partial charge on any atom is 0.277 e. The summed E-state index contributed by atoms with van der Waals surface area (Å²) in [6.45, 7) is 1.20. The molecule has 2 aromatic carbocycles. The number of anilines is 1. The van der Waals surface area contributed by atoms with Crippen LogP contribution in [0.15, 0.2) is 60.0 Å². The molecule has 186 valence electrons. The number of nitrogens with one attached hydrogen (secondary N) is 2. The first kappa shape index (κ1) is 23.1. The van der Waals surface area contributed by atoms with Crippen LogP contribution < -0.4 is 10.1 Å². The van der Waals surface area contributed by atoms with Gasteiger partial charge in [0.1, 0.15) is 17.1 Å². The van der Waals surface area contributed by atoms with Gasteiger partial charge in [-0.05, 0) is 37.1 Å². The summed E-state index contributed by atoms with van der Waals surface area (Å²) < 4.78 is 5.50. The van der Waals surface area contributed by atoms with Gasteiger partial charge in [0.25, 0.3) is 11.8 Å². The molecule has 0 radical (unpaired) electrons. The number of para-hydroxylation sites is 3. The van der Waals surface area contributed by atoms with Crippen molar-refractivity contribution in [3.8, 4) is 5.75 Å². The molecule has 0 saturated carbocycles. The first-order valence-electron chi connectivity index (χ1n) is 12.0. The first-order valence-corrected chi connectivity index (χ1v) is 12.9. The van der Waals surface area contributed by atoms with Crippen LogP contribution in [0.2, 0.25) is 0 Å². The first-order chi connectivity index (χ1) is 18.1. The third-order valence-corrected chi connectivity index (χ3v) is 7.63. The molecule has 37 heavy (non-hydrogen) atoms. The minimum absolute atomic E-state index is 0.104. The summed E-state index contributed by atoms with van der Waals surface area (Å²) in [5.41, 5.74) is 3.13. The van der Waals surface area contributed by atoms with Crippen molar-refractivity contribution >= 4 is 51.0 Å². The number of imidazole rings is 1. The van der Waals surface area contributed by atoms with E-state index in [9.17, 15) is 9.59 Å². The van der Waals surface area contributed by atoms with Crippen molar-refractivity contribution in [3.63, 3.8) is 0 Å². The average molecular weight is 513 g/mol. The zero-order chi connectivity index (χ0) is 25.4. The number of methoxy groups -OCH3 is 1. The number of nitrogens with zero attached hydrogens (tertiary/aromatic N) is 4. The zero-order valence-corrected chi connectivity index (χ0v) is 20.9. The Morgan fingerprint density at radius 1 is 1.00 bits per heavy atom. The Balaban J connectivity index is 1.10. The van der Waals surface area contributed by atoms with Crippen molar-refractivity contribution in [3.05, 3.63) is 76.4 Å². The van der Waals surface area contributed by atoms with Gasteiger partial charge in [-0.1, -0.05) is 24.3 Å². The number of ether oxygens (including phenoxy) is 1. The van der Waals surface area contributed by atoms with Crippen LogP contribution in [0, 0.1) is 0 Å². The third kappa shape index (κ3) is 4.51. The van der Waals surface area contributed by atoms with E-state index in [-0.39, 0.29) is 17.7 Å². The number of aromatic amines is 1. The fraction of sp³-hybridized carbons (Fsp3) is 0.222. The maximum absolute atomic E-state index is 13.2. The van der Waals surface area contributed by atoms with Gasteiger partial charge in [0, 0.05) is 35.8 Å². The minimum atomic E-state index is -0.300. The number of likely N-dealkylation sites (tertiary alicyclic amines) is 1. The lowest BCUT2D eigenvalue weighted by molar-refractivity contribution is 0.0707. The van der Waals surface area contributed by atoms with Gasteiger partial charge >= 0.3 is 0 Å². The van der Waals surface area contributed by atoms with Crippen molar-refractivity contribution in [2.75, 3.05) is 25.5 Å². The van der Waals surface area contributed by atoms with Crippen molar-refractivity contribution in [1.82, 2.24) is 24.8 Å². The average Bonchev–Trinajstić information content (AvgIpc) is 3.59. The highest BCUT2D eigenvalue weighted by Gasteiger charge is 2.28. The molecule has 0 aliphatic carbocycles. The number of thiazole rings is 1. The molecule has 3 aromatic heterocycles. The summed E-state index contributed by atoms with van der Waals surface area (Å²) in [7, 11) is 1.60. The second kappa shape index (κ2) is 9.62. The largest absolute Gasteiger partial charge is 0.496 e. The van der Waals surface area contributed by atoms with E-state index >= 15 is 0 Å². The number of amides is 2. The van der Waals surface area contributed by atoms with Gasteiger partial charge in [-0.15, -0.1) is 11.3 Å². The van der Waals surface area contributed by atoms with E-state index in [0.717, 1.165) is 39.8 Å². The number of carbonyl (C=O) groups excluding carboxylic acids is 2. The Labute approximate surface area is 216 Å². The Kier molecular flexibility index (Phi) is 6.01. The highest BCUT2D eigenvalue weighted by Crippen LogP contribution is 2.32. The molecule has 4 heterocycles. The van der Waals surface area contributed by atoms with E-state index in [1.807, 2.05) is 53.4 Å². The van der Waals surface area contributed by atoms with E-state index in [4.69, 9.17) is 4.74 Å². The van der Waals surface area contributed by atoms with Crippen molar-refractivity contribution in [2.45, 2.75) is 18.8 Å². The topological polar surface area (TPSA) is 113 Å². The molecule has 0 spiro atoms. The van der Waals surface area contributed by atoms with Gasteiger partial charge in [-0.25, -0.2) is 15.0 Å². The predicted molar refractivity (Wildman–Crippen MR) is 142 cm³/mol. The molecule has 1 aliphatic heterocycles. The molecule has 6 rings (SSSR count). The highest BCUT2D eigenvalue weighted by molar-refractivity contribution is 7.10. The fourth-order valence-corrected chi connectivity index (χ4v) is 5.65. The molecule has 1 fully saturated rings. The standard InChI is InChI=1S/C27H24N6O3S/c1-36-23-14-21(28-18-7-3-2-6-17(18)23)26(35)33-12-10-16(11-13-33)25-29-22(15-37-25)24(34)32-27-30-19-8-4-5-9-20(19)31-27/h2-9,14-16H,10-13H2,1H3,(H2,30,31,32,34). The Morgan fingerprint density at radius 3 is 2.54 bits per heavy atom. The molecule has 1 aliphatic rings. The Bertz CT molecular complexity index is 1590. The van der Waals surface area contributed by atoms with Gasteiger partial charge < -0.3 is 14.6 Å². The molecule has 10 heteroatoms. The molecule has 0 bridgehead atoms. The molecule has 2 amide bonds. The van der Waals surface area contributed by atoms with Crippen LogP contribution in [-0.2, 0) is 0 Å². The molecule has 5 aromatic rings. The maximum atomic E-state index is 13.2. The lowest BCUT2D eigenvalue weighted by Crippen LogP contribution is -2.38. The summed E-state index contributed by atoms with van der Waals surface area (Å²) in [5, 5.41) is 6.36. The third-order valence-electron chi connectivity index (χ3n) is 6.62. The summed E-state index contributed by atoms with van der Waals surface area (Å²) in [4.78, 5) is 44.4. The van der Waals surface area contributed by atoms with Crippen LogP contribution >= 0.6 is 11.3 Å². The molecular weight excluding hydrogens is 488 g/mol. The number of hydrogen-bond donors (Lipinski definition) is 2. The number of carbonyl (C=O) groups is 2. The van der Waals surface area contributed by atoms with E-state index in [1.54, 1.807) is 18.6 Å². The normalized spacial score (nSPS) is 14.2. The Morgan fingerprint density at radius 2 is 1.76 bits per heavy atom. The summed E-state index contributed by atoms with van der Waals surface area (Å²) in [5.74, 6) is 0.825. The smallest absolute Gasteiger partial charge is 0.277 e. The van der Waals surface area contributed by atoms with E-state index in [0.29, 0.717) is 36.2 Å². The molecule has 0 atom stereocenters. The van der Waals surface area contributed by atoms with E-state index < -0.39 is 0 Å². The summed E-state index contributed by atoms with van der Waals surface area (Å²) in [6.07, 6.45) is 1.54. The zero-order valence-electron chi connectivity index (χ0n) is 20.1. The second-order valence-corrected chi connectivity index (χ2v) is 9.81. The summed E-state index contributed by atoms with van der Waals surface area (Å²) in [6, 6.07) is 16.9.